The lowest BCUT2D eigenvalue weighted by molar-refractivity contribution is -0.147. The lowest BCUT2D eigenvalue weighted by atomic mass is 10.0. The van der Waals surface area contributed by atoms with E-state index in [9.17, 15) is 13.2 Å². The van der Waals surface area contributed by atoms with E-state index in [2.05, 4.69) is 15.6 Å². The summed E-state index contributed by atoms with van der Waals surface area (Å²) in [6.45, 7) is 6.09. The third-order valence-corrected chi connectivity index (χ3v) is 5.31. The van der Waals surface area contributed by atoms with Crippen molar-refractivity contribution < 1.29 is 17.9 Å². The Kier molecular flexibility index (Phi) is 5.61. The molecule has 0 spiro atoms. The number of benzene rings is 1. The molecule has 128 valence electrons. The molecule has 0 amide bonds. The standard InChI is InChI=1S/C15H23N3O4S/c1-4-22-15(19)12-9-16-17-14(12)23(20,21)18-13-8-6-5-7-11(13)10(2)3/h5-8,10,12,14,16-18H,4,9H2,1-3H3. The fourth-order valence-electron chi connectivity index (χ4n) is 2.54. The summed E-state index contributed by atoms with van der Waals surface area (Å²) in [6.07, 6.45) is 0. The van der Waals surface area contributed by atoms with E-state index < -0.39 is 27.3 Å². The average molecular weight is 341 g/mol. The lowest BCUT2D eigenvalue weighted by Crippen LogP contribution is -2.44. The van der Waals surface area contributed by atoms with Gasteiger partial charge in [-0.2, -0.15) is 0 Å². The van der Waals surface area contributed by atoms with Crippen molar-refractivity contribution in [1.29, 1.82) is 0 Å². The van der Waals surface area contributed by atoms with Crippen molar-refractivity contribution in [1.82, 2.24) is 10.9 Å². The maximum absolute atomic E-state index is 12.7. The Hall–Kier alpha value is -1.64. The second-order valence-electron chi connectivity index (χ2n) is 5.69. The van der Waals surface area contributed by atoms with Crippen molar-refractivity contribution in [2.45, 2.75) is 32.1 Å². The van der Waals surface area contributed by atoms with Gasteiger partial charge in [0.15, 0.2) is 5.37 Å². The van der Waals surface area contributed by atoms with Crippen molar-refractivity contribution in [2.75, 3.05) is 17.9 Å². The SMILES string of the molecule is CCOC(=O)C1CNNC1S(=O)(=O)Nc1ccccc1C(C)C. The number of sulfonamides is 1. The first-order valence-corrected chi connectivity index (χ1v) is 9.17. The van der Waals surface area contributed by atoms with Crippen LogP contribution in [0.25, 0.3) is 0 Å². The number of nitrogens with one attached hydrogen (secondary N) is 3. The van der Waals surface area contributed by atoms with Gasteiger partial charge in [-0.1, -0.05) is 32.0 Å². The zero-order valence-corrected chi connectivity index (χ0v) is 14.3. The maximum Gasteiger partial charge on any atom is 0.313 e. The molecule has 0 saturated carbocycles. The van der Waals surface area contributed by atoms with E-state index in [4.69, 9.17) is 4.74 Å². The topological polar surface area (TPSA) is 96.5 Å². The van der Waals surface area contributed by atoms with Crippen LogP contribution in [0.1, 0.15) is 32.3 Å². The monoisotopic (exact) mass is 341 g/mol. The molecule has 1 fully saturated rings. The molecule has 2 unspecified atom stereocenters. The van der Waals surface area contributed by atoms with E-state index in [1.54, 1.807) is 19.1 Å². The number of hydrogen-bond acceptors (Lipinski definition) is 6. The molecule has 3 N–H and O–H groups in total. The number of anilines is 1. The highest BCUT2D eigenvalue weighted by atomic mass is 32.2. The molecular weight excluding hydrogens is 318 g/mol. The summed E-state index contributed by atoms with van der Waals surface area (Å²) >= 11 is 0. The predicted molar refractivity (Wildman–Crippen MR) is 88.1 cm³/mol. The Bertz CT molecular complexity index is 660. The number of para-hydroxylation sites is 1. The van der Waals surface area contributed by atoms with Crippen LogP contribution in [0.3, 0.4) is 0 Å². The van der Waals surface area contributed by atoms with Crippen molar-refractivity contribution in [2.24, 2.45) is 5.92 Å². The normalized spacial score (nSPS) is 21.4. The molecule has 0 aromatic heterocycles. The van der Waals surface area contributed by atoms with Crippen LogP contribution in [-0.4, -0.2) is 32.9 Å². The highest BCUT2D eigenvalue weighted by molar-refractivity contribution is 7.93. The predicted octanol–water partition coefficient (Wildman–Crippen LogP) is 1.16. The maximum atomic E-state index is 12.7. The largest absolute Gasteiger partial charge is 0.466 e. The van der Waals surface area contributed by atoms with Crippen molar-refractivity contribution in [3.8, 4) is 0 Å². The van der Waals surface area contributed by atoms with E-state index in [0.717, 1.165) is 5.56 Å². The van der Waals surface area contributed by atoms with E-state index in [1.165, 1.54) is 0 Å². The van der Waals surface area contributed by atoms with Crippen LogP contribution in [0, 0.1) is 5.92 Å². The van der Waals surface area contributed by atoms with E-state index in [1.807, 2.05) is 26.0 Å². The minimum Gasteiger partial charge on any atom is -0.466 e. The number of hydrogen-bond donors (Lipinski definition) is 3. The number of hydrazine groups is 1. The molecule has 2 rings (SSSR count). The van der Waals surface area contributed by atoms with Crippen LogP contribution in [0.2, 0.25) is 0 Å². The average Bonchev–Trinajstić information content (AvgIpc) is 2.98. The lowest BCUT2D eigenvalue weighted by Gasteiger charge is -2.20. The third-order valence-electron chi connectivity index (χ3n) is 3.69. The van der Waals surface area contributed by atoms with Gasteiger partial charge in [0.05, 0.1) is 12.3 Å². The summed E-state index contributed by atoms with van der Waals surface area (Å²) in [5.41, 5.74) is 6.80. The first-order valence-electron chi connectivity index (χ1n) is 7.62. The van der Waals surface area contributed by atoms with Crippen LogP contribution in [-0.2, 0) is 19.6 Å². The van der Waals surface area contributed by atoms with Gasteiger partial charge < -0.3 is 4.74 Å². The Balaban J connectivity index is 2.23. The number of esters is 1. The molecule has 1 heterocycles. The van der Waals surface area contributed by atoms with Gasteiger partial charge in [-0.15, -0.1) is 0 Å². The summed E-state index contributed by atoms with van der Waals surface area (Å²) in [7, 11) is -3.81. The van der Waals surface area contributed by atoms with E-state index in [0.29, 0.717) is 5.69 Å². The Morgan fingerprint density at radius 1 is 1.39 bits per heavy atom. The van der Waals surface area contributed by atoms with E-state index >= 15 is 0 Å². The molecule has 1 aromatic carbocycles. The number of rotatable bonds is 6. The highest BCUT2D eigenvalue weighted by Crippen LogP contribution is 2.26. The van der Waals surface area contributed by atoms with Crippen LogP contribution in [0.5, 0.6) is 0 Å². The molecule has 1 aromatic rings. The zero-order valence-electron chi connectivity index (χ0n) is 13.5. The van der Waals surface area contributed by atoms with Gasteiger partial charge >= 0.3 is 5.97 Å². The summed E-state index contributed by atoms with van der Waals surface area (Å²) in [5, 5.41) is -1.08. The fraction of sp³-hybridized carbons (Fsp3) is 0.533. The molecule has 1 aliphatic rings. The number of carbonyl (C=O) groups excluding carboxylic acids is 1. The van der Waals surface area contributed by atoms with Crippen molar-refractivity contribution >= 4 is 21.7 Å². The molecule has 7 nitrogen and oxygen atoms in total. The molecular formula is C15H23N3O4S. The first-order chi connectivity index (χ1) is 10.9. The smallest absolute Gasteiger partial charge is 0.313 e. The quantitative estimate of drug-likeness (QED) is 0.672. The minimum atomic E-state index is -3.81. The third kappa shape index (κ3) is 4.01. The fourth-order valence-corrected chi connectivity index (χ4v) is 4.04. The number of carbonyl (C=O) groups is 1. The van der Waals surface area contributed by atoms with Gasteiger partial charge in [0.2, 0.25) is 0 Å². The van der Waals surface area contributed by atoms with E-state index in [-0.39, 0.29) is 19.1 Å². The van der Waals surface area contributed by atoms with Crippen LogP contribution in [0.4, 0.5) is 5.69 Å². The summed E-state index contributed by atoms with van der Waals surface area (Å²) in [6, 6.07) is 7.23. The molecule has 0 bridgehead atoms. The van der Waals surface area contributed by atoms with Gasteiger partial charge in [0, 0.05) is 6.54 Å². The molecule has 2 atom stereocenters. The minimum absolute atomic E-state index is 0.171. The second kappa shape index (κ2) is 7.29. The van der Waals surface area contributed by atoms with Gasteiger partial charge in [0.25, 0.3) is 10.0 Å². The number of ether oxygens (including phenoxy) is 1. The van der Waals surface area contributed by atoms with Crippen LogP contribution in [0.15, 0.2) is 24.3 Å². The Labute approximate surface area is 136 Å². The van der Waals surface area contributed by atoms with Crippen LogP contribution >= 0.6 is 0 Å². The molecule has 0 radical (unpaired) electrons. The van der Waals surface area contributed by atoms with Crippen molar-refractivity contribution in [3.63, 3.8) is 0 Å². The summed E-state index contributed by atoms with van der Waals surface area (Å²) < 4.78 is 32.9. The molecule has 1 saturated heterocycles. The summed E-state index contributed by atoms with van der Waals surface area (Å²) in [4.78, 5) is 11.9. The van der Waals surface area contributed by atoms with Gasteiger partial charge in [-0.3, -0.25) is 14.9 Å². The molecule has 0 aliphatic carbocycles. The highest BCUT2D eigenvalue weighted by Gasteiger charge is 2.42. The molecule has 23 heavy (non-hydrogen) atoms. The van der Waals surface area contributed by atoms with Gasteiger partial charge in [0.1, 0.15) is 5.92 Å². The summed E-state index contributed by atoms with van der Waals surface area (Å²) in [5.74, 6) is -1.15. The van der Waals surface area contributed by atoms with Gasteiger partial charge in [-0.25, -0.2) is 13.8 Å². The Morgan fingerprint density at radius 3 is 2.74 bits per heavy atom. The Morgan fingerprint density at radius 2 is 2.09 bits per heavy atom. The van der Waals surface area contributed by atoms with Crippen LogP contribution < -0.4 is 15.6 Å². The second-order valence-corrected chi connectivity index (χ2v) is 7.50. The molecule has 1 aliphatic heterocycles. The van der Waals surface area contributed by atoms with Gasteiger partial charge in [-0.05, 0) is 24.5 Å². The van der Waals surface area contributed by atoms with Crippen molar-refractivity contribution in [3.05, 3.63) is 29.8 Å². The first kappa shape index (κ1) is 17.7. The zero-order chi connectivity index (χ0) is 17.0. The molecule has 8 heteroatoms.